The quantitative estimate of drug-likeness (QED) is 0.243. The molecule has 3 aromatic carbocycles. The van der Waals surface area contributed by atoms with E-state index in [1.165, 1.54) is 41.3 Å². The van der Waals surface area contributed by atoms with Crippen LogP contribution in [0.15, 0.2) is 83.8 Å². The summed E-state index contributed by atoms with van der Waals surface area (Å²) >= 11 is 6.14. The van der Waals surface area contributed by atoms with Crippen molar-refractivity contribution in [3.63, 3.8) is 0 Å². The van der Waals surface area contributed by atoms with Gasteiger partial charge in [0, 0.05) is 30.2 Å². The summed E-state index contributed by atoms with van der Waals surface area (Å²) in [6, 6.07) is 18.3. The van der Waals surface area contributed by atoms with Crippen molar-refractivity contribution in [2.75, 3.05) is 17.4 Å². The van der Waals surface area contributed by atoms with Crippen LogP contribution in [0.2, 0.25) is 5.02 Å². The standard InChI is InChI=1S/C28H31ClN4O6S/c1-20(2)17-30-28(35)21(3)31(18-22-8-7-9-23(29)16-22)27(34)19-32(24-12-14-25(15-13-24)33(36)37)40(38,39)26-10-5-4-6-11-26/h4-16,20-21H,17-19H2,1-3H3,(H,30,35)/t21-/m0/s1. The van der Waals surface area contributed by atoms with Gasteiger partial charge in [-0.05, 0) is 54.8 Å². The third-order valence-corrected chi connectivity index (χ3v) is 8.08. The van der Waals surface area contributed by atoms with Crippen LogP contribution in [0.5, 0.6) is 0 Å². The Morgan fingerprint density at radius 1 is 0.975 bits per heavy atom. The molecule has 0 aromatic heterocycles. The molecule has 212 valence electrons. The maximum Gasteiger partial charge on any atom is 0.269 e. The molecule has 0 heterocycles. The predicted molar refractivity (Wildman–Crippen MR) is 153 cm³/mol. The van der Waals surface area contributed by atoms with Gasteiger partial charge >= 0.3 is 0 Å². The second-order valence-electron chi connectivity index (χ2n) is 9.56. The Balaban J connectivity index is 2.02. The fourth-order valence-electron chi connectivity index (χ4n) is 3.86. The van der Waals surface area contributed by atoms with E-state index in [9.17, 15) is 28.1 Å². The summed E-state index contributed by atoms with van der Waals surface area (Å²) in [6.07, 6.45) is 0. The Labute approximate surface area is 238 Å². The first kappa shape index (κ1) is 30.6. The van der Waals surface area contributed by atoms with E-state index in [1.54, 1.807) is 49.4 Å². The van der Waals surface area contributed by atoms with Crippen LogP contribution in [0, 0.1) is 16.0 Å². The second-order valence-corrected chi connectivity index (χ2v) is 11.9. The molecule has 0 bridgehead atoms. The number of hydrogen-bond acceptors (Lipinski definition) is 6. The highest BCUT2D eigenvalue weighted by Crippen LogP contribution is 2.26. The van der Waals surface area contributed by atoms with Crippen molar-refractivity contribution >= 4 is 44.8 Å². The molecule has 0 unspecified atom stereocenters. The number of halogens is 1. The monoisotopic (exact) mass is 586 g/mol. The van der Waals surface area contributed by atoms with Crippen LogP contribution < -0.4 is 9.62 Å². The maximum absolute atomic E-state index is 13.9. The zero-order chi connectivity index (χ0) is 29.4. The number of hydrogen-bond donors (Lipinski definition) is 1. The summed E-state index contributed by atoms with van der Waals surface area (Å²) < 4.78 is 28.3. The normalized spacial score (nSPS) is 12.0. The van der Waals surface area contributed by atoms with Crippen molar-refractivity contribution < 1.29 is 22.9 Å². The third-order valence-electron chi connectivity index (χ3n) is 6.05. The molecule has 3 aromatic rings. The zero-order valence-electron chi connectivity index (χ0n) is 22.4. The van der Waals surface area contributed by atoms with Gasteiger partial charge in [-0.1, -0.05) is 55.8 Å². The van der Waals surface area contributed by atoms with Gasteiger partial charge in [-0.2, -0.15) is 0 Å². The van der Waals surface area contributed by atoms with Gasteiger partial charge in [-0.3, -0.25) is 24.0 Å². The number of carbonyl (C=O) groups excluding carboxylic acids is 2. The number of sulfonamides is 1. The number of nitrogens with one attached hydrogen (secondary N) is 1. The van der Waals surface area contributed by atoms with Gasteiger partial charge in [0.05, 0.1) is 15.5 Å². The Morgan fingerprint density at radius 2 is 1.62 bits per heavy atom. The van der Waals surface area contributed by atoms with E-state index < -0.39 is 39.3 Å². The van der Waals surface area contributed by atoms with Gasteiger partial charge in [-0.15, -0.1) is 0 Å². The minimum Gasteiger partial charge on any atom is -0.354 e. The Kier molecular flexibility index (Phi) is 10.2. The topological polar surface area (TPSA) is 130 Å². The third kappa shape index (κ3) is 7.80. The summed E-state index contributed by atoms with van der Waals surface area (Å²) in [5, 5.41) is 14.4. The second kappa shape index (κ2) is 13.4. The van der Waals surface area contributed by atoms with E-state index in [2.05, 4.69) is 5.32 Å². The van der Waals surface area contributed by atoms with Crippen LogP contribution in [0.1, 0.15) is 26.3 Å². The molecule has 0 radical (unpaired) electrons. The zero-order valence-corrected chi connectivity index (χ0v) is 23.9. The summed E-state index contributed by atoms with van der Waals surface area (Å²) in [5.74, 6) is -0.858. The summed E-state index contributed by atoms with van der Waals surface area (Å²) in [5.41, 5.74) is 0.477. The summed E-state index contributed by atoms with van der Waals surface area (Å²) in [4.78, 5) is 38.6. The molecule has 1 atom stereocenters. The highest BCUT2D eigenvalue weighted by Gasteiger charge is 2.32. The molecule has 0 aliphatic carbocycles. The van der Waals surface area contributed by atoms with Crippen LogP contribution in [-0.2, 0) is 26.2 Å². The summed E-state index contributed by atoms with van der Waals surface area (Å²) in [7, 11) is -4.27. The number of amides is 2. The number of anilines is 1. The summed E-state index contributed by atoms with van der Waals surface area (Å²) in [6.45, 7) is 5.19. The lowest BCUT2D eigenvalue weighted by Gasteiger charge is -2.32. The van der Waals surface area contributed by atoms with Gasteiger partial charge < -0.3 is 10.2 Å². The van der Waals surface area contributed by atoms with Gasteiger partial charge in [0.15, 0.2) is 0 Å². The van der Waals surface area contributed by atoms with Gasteiger partial charge in [0.25, 0.3) is 15.7 Å². The average molecular weight is 587 g/mol. The van der Waals surface area contributed by atoms with E-state index in [-0.39, 0.29) is 28.7 Å². The van der Waals surface area contributed by atoms with E-state index in [1.807, 2.05) is 13.8 Å². The minimum atomic E-state index is -4.27. The first-order valence-electron chi connectivity index (χ1n) is 12.5. The Bertz CT molecular complexity index is 1450. The minimum absolute atomic E-state index is 0.00482. The highest BCUT2D eigenvalue weighted by atomic mass is 35.5. The van der Waals surface area contributed by atoms with Crippen LogP contribution in [0.4, 0.5) is 11.4 Å². The van der Waals surface area contributed by atoms with Crippen molar-refractivity contribution in [1.82, 2.24) is 10.2 Å². The Hall–Kier alpha value is -3.96. The average Bonchev–Trinajstić information content (AvgIpc) is 2.93. The molecule has 1 N–H and O–H groups in total. The molecular formula is C28H31ClN4O6S. The molecule has 0 fully saturated rings. The van der Waals surface area contributed by atoms with E-state index in [4.69, 9.17) is 11.6 Å². The van der Waals surface area contributed by atoms with Crippen LogP contribution in [0.3, 0.4) is 0 Å². The maximum atomic E-state index is 13.9. The van der Waals surface area contributed by atoms with Crippen LogP contribution >= 0.6 is 11.6 Å². The smallest absolute Gasteiger partial charge is 0.269 e. The molecule has 0 saturated carbocycles. The number of benzene rings is 3. The molecule has 12 heteroatoms. The molecule has 10 nitrogen and oxygen atoms in total. The van der Waals surface area contributed by atoms with Crippen molar-refractivity contribution in [1.29, 1.82) is 0 Å². The van der Waals surface area contributed by atoms with Gasteiger partial charge in [0.1, 0.15) is 12.6 Å². The highest BCUT2D eigenvalue weighted by molar-refractivity contribution is 7.92. The number of rotatable bonds is 12. The molecule has 2 amide bonds. The number of non-ortho nitro benzene ring substituents is 1. The molecule has 0 saturated heterocycles. The van der Waals surface area contributed by atoms with Crippen molar-refractivity contribution in [2.45, 2.75) is 38.3 Å². The predicted octanol–water partition coefficient (Wildman–Crippen LogP) is 4.63. The van der Waals surface area contributed by atoms with Crippen molar-refractivity contribution in [2.24, 2.45) is 5.92 Å². The van der Waals surface area contributed by atoms with E-state index >= 15 is 0 Å². The lowest BCUT2D eigenvalue weighted by Crippen LogP contribution is -2.51. The van der Waals surface area contributed by atoms with Crippen molar-refractivity contribution in [3.05, 3.63) is 99.6 Å². The molecule has 0 aliphatic rings. The molecular weight excluding hydrogens is 556 g/mol. The number of nitrogens with zero attached hydrogens (tertiary/aromatic N) is 3. The number of nitro groups is 1. The lowest BCUT2D eigenvalue weighted by atomic mass is 10.1. The van der Waals surface area contributed by atoms with Crippen LogP contribution in [-0.4, -0.2) is 49.2 Å². The number of nitro benzene ring substituents is 1. The first-order valence-corrected chi connectivity index (χ1v) is 14.4. The molecule has 0 aliphatic heterocycles. The van der Waals surface area contributed by atoms with Crippen LogP contribution in [0.25, 0.3) is 0 Å². The molecule has 40 heavy (non-hydrogen) atoms. The Morgan fingerprint density at radius 3 is 2.20 bits per heavy atom. The lowest BCUT2D eigenvalue weighted by molar-refractivity contribution is -0.384. The molecule has 0 spiro atoms. The fraction of sp³-hybridized carbons (Fsp3) is 0.286. The fourth-order valence-corrected chi connectivity index (χ4v) is 5.50. The largest absolute Gasteiger partial charge is 0.354 e. The van der Waals surface area contributed by atoms with E-state index in [0.717, 1.165) is 4.31 Å². The van der Waals surface area contributed by atoms with Crippen molar-refractivity contribution in [3.8, 4) is 0 Å². The van der Waals surface area contributed by atoms with Gasteiger partial charge in [-0.25, -0.2) is 8.42 Å². The first-order chi connectivity index (χ1) is 18.9. The van der Waals surface area contributed by atoms with E-state index in [0.29, 0.717) is 17.1 Å². The molecule has 3 rings (SSSR count). The van der Waals surface area contributed by atoms with Gasteiger partial charge in [0.2, 0.25) is 11.8 Å². The SMILES string of the molecule is CC(C)CNC(=O)[C@H](C)N(Cc1cccc(Cl)c1)C(=O)CN(c1ccc([N+](=O)[O-])cc1)S(=O)(=O)c1ccccc1. The number of carbonyl (C=O) groups is 2.